The van der Waals surface area contributed by atoms with Crippen molar-refractivity contribution in [3.8, 4) is 0 Å². The second-order valence-corrected chi connectivity index (χ2v) is 6.93. The number of nitrogens with zero attached hydrogens (tertiary/aromatic N) is 1. The largest absolute Gasteiger partial charge is 0.315 e. The molecule has 0 aromatic carbocycles. The number of aryl methyl sites for hydroxylation is 2. The summed E-state index contributed by atoms with van der Waals surface area (Å²) in [5.74, 6) is 0.389. The number of nitrogens with one attached hydrogen (secondary N) is 2. The number of hydrogen-bond donors (Lipinski definition) is 2. The van der Waals surface area contributed by atoms with Gasteiger partial charge in [-0.3, -0.25) is 4.72 Å². The third kappa shape index (κ3) is 5.16. The van der Waals surface area contributed by atoms with Gasteiger partial charge in [-0.25, -0.2) is 13.4 Å². The van der Waals surface area contributed by atoms with Gasteiger partial charge in [-0.05, 0) is 51.4 Å². The second-order valence-electron chi connectivity index (χ2n) is 4.83. The zero-order chi connectivity index (χ0) is 14.5. The Morgan fingerprint density at radius 3 is 2.58 bits per heavy atom. The van der Waals surface area contributed by atoms with E-state index in [1.165, 1.54) is 0 Å². The summed E-state index contributed by atoms with van der Waals surface area (Å²) in [4.78, 5) is 4.19. The van der Waals surface area contributed by atoms with Gasteiger partial charge in [0.25, 0.3) is 0 Å². The molecule has 2 N–H and O–H groups in total. The van der Waals surface area contributed by atoms with Crippen molar-refractivity contribution in [2.75, 3.05) is 17.8 Å². The fraction of sp³-hybridized carbons (Fsp3) is 0.615. The van der Waals surface area contributed by atoms with Gasteiger partial charge in [0.1, 0.15) is 5.82 Å². The maximum absolute atomic E-state index is 12.1. The van der Waals surface area contributed by atoms with Crippen molar-refractivity contribution in [1.82, 2.24) is 10.3 Å². The van der Waals surface area contributed by atoms with E-state index in [4.69, 9.17) is 0 Å². The highest BCUT2D eigenvalue weighted by molar-refractivity contribution is 7.93. The van der Waals surface area contributed by atoms with Gasteiger partial charge in [-0.1, -0.05) is 6.92 Å². The molecule has 1 heterocycles. The van der Waals surface area contributed by atoms with Crippen LogP contribution in [0.3, 0.4) is 0 Å². The van der Waals surface area contributed by atoms with Gasteiger partial charge in [0.2, 0.25) is 10.0 Å². The number of pyridine rings is 1. The SMILES string of the molecule is CCCNCC(C)S(=O)(=O)Nc1cc(C)cc(C)n1. The fourth-order valence-electron chi connectivity index (χ4n) is 1.73. The third-order valence-corrected chi connectivity index (χ3v) is 4.45. The molecule has 0 spiro atoms. The zero-order valence-electron chi connectivity index (χ0n) is 12.0. The van der Waals surface area contributed by atoms with Crippen LogP contribution in [-0.2, 0) is 10.0 Å². The van der Waals surface area contributed by atoms with Gasteiger partial charge in [0.05, 0.1) is 5.25 Å². The summed E-state index contributed by atoms with van der Waals surface area (Å²) >= 11 is 0. The van der Waals surface area contributed by atoms with Gasteiger partial charge in [-0.15, -0.1) is 0 Å². The topological polar surface area (TPSA) is 71.1 Å². The molecule has 0 aliphatic heterocycles. The molecular weight excluding hydrogens is 262 g/mol. The molecule has 0 radical (unpaired) electrons. The maximum Gasteiger partial charge on any atom is 0.237 e. The molecule has 0 bridgehead atoms. The van der Waals surface area contributed by atoms with Crippen LogP contribution >= 0.6 is 0 Å². The Morgan fingerprint density at radius 2 is 2.00 bits per heavy atom. The predicted molar refractivity (Wildman–Crippen MR) is 78.9 cm³/mol. The summed E-state index contributed by atoms with van der Waals surface area (Å²) < 4.78 is 26.8. The Hall–Kier alpha value is -1.14. The number of anilines is 1. The molecule has 0 fully saturated rings. The van der Waals surface area contributed by atoms with Crippen molar-refractivity contribution >= 4 is 15.8 Å². The molecule has 0 aliphatic rings. The lowest BCUT2D eigenvalue weighted by molar-refractivity contribution is 0.575. The lowest BCUT2D eigenvalue weighted by atomic mass is 10.2. The molecular formula is C13H23N3O2S. The quantitative estimate of drug-likeness (QED) is 0.750. The highest BCUT2D eigenvalue weighted by atomic mass is 32.2. The van der Waals surface area contributed by atoms with Crippen LogP contribution in [0, 0.1) is 13.8 Å². The Morgan fingerprint density at radius 1 is 1.32 bits per heavy atom. The third-order valence-electron chi connectivity index (χ3n) is 2.73. The summed E-state index contributed by atoms with van der Waals surface area (Å²) in [6.07, 6.45) is 0.985. The second kappa shape index (κ2) is 6.86. The zero-order valence-corrected chi connectivity index (χ0v) is 12.8. The molecule has 1 atom stereocenters. The highest BCUT2D eigenvalue weighted by Gasteiger charge is 2.20. The summed E-state index contributed by atoms with van der Waals surface area (Å²) in [6, 6.07) is 3.64. The molecule has 1 unspecified atom stereocenters. The average Bonchev–Trinajstić information content (AvgIpc) is 2.26. The summed E-state index contributed by atoms with van der Waals surface area (Å²) in [5, 5.41) is 2.61. The van der Waals surface area contributed by atoms with Gasteiger partial charge >= 0.3 is 0 Å². The Bertz CT molecular complexity index is 494. The van der Waals surface area contributed by atoms with E-state index >= 15 is 0 Å². The molecule has 1 aromatic rings. The lowest BCUT2D eigenvalue weighted by Crippen LogP contribution is -2.35. The molecule has 1 aromatic heterocycles. The van der Waals surface area contributed by atoms with Crippen LogP contribution in [0.1, 0.15) is 31.5 Å². The minimum atomic E-state index is -3.40. The molecule has 0 saturated heterocycles. The number of hydrogen-bond acceptors (Lipinski definition) is 4. The molecule has 1 rings (SSSR count). The molecule has 108 valence electrons. The average molecular weight is 285 g/mol. The summed E-state index contributed by atoms with van der Waals surface area (Å²) in [6.45, 7) is 8.75. The van der Waals surface area contributed by atoms with Crippen LogP contribution in [0.25, 0.3) is 0 Å². The number of sulfonamides is 1. The van der Waals surface area contributed by atoms with Crippen molar-refractivity contribution in [2.24, 2.45) is 0 Å². The first kappa shape index (κ1) is 15.9. The fourth-order valence-corrected chi connectivity index (χ4v) is 2.67. The van der Waals surface area contributed by atoms with Crippen molar-refractivity contribution in [3.05, 3.63) is 23.4 Å². The van der Waals surface area contributed by atoms with E-state index in [1.54, 1.807) is 13.0 Å². The van der Waals surface area contributed by atoms with Gasteiger partial charge in [0, 0.05) is 12.2 Å². The molecule has 5 nitrogen and oxygen atoms in total. The van der Waals surface area contributed by atoms with Crippen LogP contribution in [0.15, 0.2) is 12.1 Å². The van der Waals surface area contributed by atoms with E-state index in [-0.39, 0.29) is 0 Å². The smallest absolute Gasteiger partial charge is 0.237 e. The van der Waals surface area contributed by atoms with E-state index in [0.717, 1.165) is 24.2 Å². The van der Waals surface area contributed by atoms with E-state index in [9.17, 15) is 8.42 Å². The summed E-state index contributed by atoms with van der Waals surface area (Å²) in [7, 11) is -3.40. The van der Waals surface area contributed by atoms with Crippen LogP contribution in [-0.4, -0.2) is 31.7 Å². The summed E-state index contributed by atoms with van der Waals surface area (Å²) in [5.41, 5.74) is 1.79. The lowest BCUT2D eigenvalue weighted by Gasteiger charge is -2.15. The molecule has 0 aliphatic carbocycles. The van der Waals surface area contributed by atoms with Crippen LogP contribution in [0.4, 0.5) is 5.82 Å². The van der Waals surface area contributed by atoms with E-state index < -0.39 is 15.3 Å². The van der Waals surface area contributed by atoms with Crippen molar-refractivity contribution in [3.63, 3.8) is 0 Å². The van der Waals surface area contributed by atoms with Crippen LogP contribution in [0.5, 0.6) is 0 Å². The van der Waals surface area contributed by atoms with E-state index in [1.807, 2.05) is 26.8 Å². The van der Waals surface area contributed by atoms with E-state index in [0.29, 0.717) is 12.4 Å². The molecule has 6 heteroatoms. The van der Waals surface area contributed by atoms with Gasteiger partial charge in [0.15, 0.2) is 0 Å². The minimum absolute atomic E-state index is 0.389. The van der Waals surface area contributed by atoms with Gasteiger partial charge in [-0.2, -0.15) is 0 Å². The normalized spacial score (nSPS) is 13.3. The minimum Gasteiger partial charge on any atom is -0.315 e. The first-order valence-corrected chi connectivity index (χ1v) is 8.07. The van der Waals surface area contributed by atoms with Crippen molar-refractivity contribution < 1.29 is 8.42 Å². The van der Waals surface area contributed by atoms with Crippen molar-refractivity contribution in [1.29, 1.82) is 0 Å². The first-order chi connectivity index (χ1) is 8.85. The molecule has 19 heavy (non-hydrogen) atoms. The van der Waals surface area contributed by atoms with Crippen LogP contribution in [0.2, 0.25) is 0 Å². The molecule has 0 saturated carbocycles. The van der Waals surface area contributed by atoms with Crippen molar-refractivity contribution in [2.45, 2.75) is 39.4 Å². The Balaban J connectivity index is 2.72. The molecule has 0 amide bonds. The van der Waals surface area contributed by atoms with E-state index in [2.05, 4.69) is 15.0 Å². The van der Waals surface area contributed by atoms with Crippen LogP contribution < -0.4 is 10.0 Å². The number of aromatic nitrogens is 1. The monoisotopic (exact) mass is 285 g/mol. The first-order valence-electron chi connectivity index (χ1n) is 6.52. The number of rotatable bonds is 7. The standard InChI is InChI=1S/C13H23N3O2S/c1-5-6-14-9-12(4)19(17,18)16-13-8-10(2)7-11(3)15-13/h7-8,12,14H,5-6,9H2,1-4H3,(H,15,16). The van der Waals surface area contributed by atoms with Gasteiger partial charge < -0.3 is 5.32 Å². The maximum atomic E-state index is 12.1. The highest BCUT2D eigenvalue weighted by Crippen LogP contribution is 2.12. The Kier molecular flexibility index (Phi) is 5.75. The Labute approximate surface area is 115 Å². The predicted octanol–water partition coefficient (Wildman–Crippen LogP) is 1.83.